The molecule has 13 unspecified atom stereocenters. The van der Waals surface area contributed by atoms with Crippen molar-refractivity contribution in [1.82, 2.24) is 0 Å². The fourth-order valence-corrected chi connectivity index (χ4v) is 11.7. The van der Waals surface area contributed by atoms with Gasteiger partial charge in [-0.3, -0.25) is 0 Å². The van der Waals surface area contributed by atoms with Crippen LogP contribution in [0.1, 0.15) is 112 Å². The highest BCUT2D eigenvalue weighted by Crippen LogP contribution is 2.87. The molecule has 0 radical (unpaired) electrons. The van der Waals surface area contributed by atoms with Crippen molar-refractivity contribution in [3.63, 3.8) is 0 Å². The zero-order valence-electron chi connectivity index (χ0n) is 26.9. The quantitative estimate of drug-likeness (QED) is 0.183. The molecule has 7 nitrogen and oxygen atoms in total. The maximum atomic E-state index is 12.9. The Balaban J connectivity index is 1.26. The number of hydrogen-bond donors (Lipinski definition) is 5. The van der Waals surface area contributed by atoms with Gasteiger partial charge in [0.05, 0.1) is 6.61 Å². The van der Waals surface area contributed by atoms with Crippen molar-refractivity contribution < 1.29 is 35.1 Å². The lowest BCUT2D eigenvalue weighted by molar-refractivity contribution is -0.194. The average Bonchev–Trinajstić information content (AvgIpc) is 3.48. The molecule has 5 rings (SSSR count). The highest BCUT2D eigenvalue weighted by molar-refractivity contribution is 5.75. The van der Waals surface area contributed by atoms with E-state index in [1.807, 2.05) is 0 Å². The first kappa shape index (κ1) is 32.4. The monoisotopic (exact) mass is 590 g/mol. The first-order valence-corrected chi connectivity index (χ1v) is 16.8. The fourth-order valence-electron chi connectivity index (χ4n) is 11.7. The zero-order valence-corrected chi connectivity index (χ0v) is 26.9. The van der Waals surface area contributed by atoms with E-state index >= 15 is 0 Å². The van der Waals surface area contributed by atoms with Gasteiger partial charge in [-0.1, -0.05) is 39.3 Å². The molecule has 0 bridgehead atoms. The number of carbonyl (C=O) groups is 1. The molecule has 240 valence electrons. The van der Waals surface area contributed by atoms with Crippen molar-refractivity contribution in [3.05, 3.63) is 11.6 Å². The van der Waals surface area contributed by atoms with Gasteiger partial charge in [0.15, 0.2) is 6.10 Å². The fraction of sp³-hybridized carbons (Fsp3) is 0.914. The van der Waals surface area contributed by atoms with Crippen LogP contribution in [0.4, 0.5) is 0 Å². The van der Waals surface area contributed by atoms with E-state index in [2.05, 4.69) is 47.6 Å². The largest absolute Gasteiger partial charge is 0.460 e. The van der Waals surface area contributed by atoms with Crippen molar-refractivity contribution >= 4 is 5.97 Å². The molecule has 42 heavy (non-hydrogen) atoms. The number of esters is 1. The van der Waals surface area contributed by atoms with Gasteiger partial charge < -0.3 is 30.3 Å². The van der Waals surface area contributed by atoms with E-state index in [0.717, 1.165) is 42.9 Å². The molecule has 0 aliphatic heterocycles. The summed E-state index contributed by atoms with van der Waals surface area (Å²) in [4.78, 5) is 12.9. The third-order valence-electron chi connectivity index (χ3n) is 13.9. The minimum atomic E-state index is -1.99. The highest BCUT2D eigenvalue weighted by Gasteiger charge is 2.80. The summed E-state index contributed by atoms with van der Waals surface area (Å²) in [5.74, 6) is 2.67. The molecule has 5 fully saturated rings. The summed E-state index contributed by atoms with van der Waals surface area (Å²) in [5.41, 5.74) is 2.34. The Morgan fingerprint density at radius 3 is 2.26 bits per heavy atom. The van der Waals surface area contributed by atoms with Crippen molar-refractivity contribution in [2.75, 3.05) is 6.61 Å². The van der Waals surface area contributed by atoms with Gasteiger partial charge in [-0.25, -0.2) is 4.79 Å². The maximum Gasteiger partial charge on any atom is 0.338 e. The minimum Gasteiger partial charge on any atom is -0.460 e. The Morgan fingerprint density at radius 2 is 1.60 bits per heavy atom. The van der Waals surface area contributed by atoms with E-state index in [1.165, 1.54) is 56.9 Å². The van der Waals surface area contributed by atoms with Crippen molar-refractivity contribution in [2.24, 2.45) is 51.2 Å². The van der Waals surface area contributed by atoms with E-state index in [4.69, 9.17) is 9.84 Å². The lowest BCUT2D eigenvalue weighted by Crippen LogP contribution is -2.56. The summed E-state index contributed by atoms with van der Waals surface area (Å²) in [6.07, 6.45) is 7.95. The Bertz CT molecular complexity index is 1040. The van der Waals surface area contributed by atoms with Crippen molar-refractivity contribution in [3.8, 4) is 0 Å². The molecule has 0 aromatic heterocycles. The van der Waals surface area contributed by atoms with E-state index in [1.54, 1.807) is 0 Å². The van der Waals surface area contributed by atoms with Gasteiger partial charge in [-0.05, 0) is 130 Å². The summed E-state index contributed by atoms with van der Waals surface area (Å²) in [6.45, 7) is 13.2. The predicted molar refractivity (Wildman–Crippen MR) is 161 cm³/mol. The van der Waals surface area contributed by atoms with Crippen LogP contribution in [-0.4, -0.2) is 68.6 Å². The Labute approximate surface area is 253 Å². The summed E-state index contributed by atoms with van der Waals surface area (Å²) in [5, 5.41) is 49.3. The predicted octanol–water partition coefficient (Wildman–Crippen LogP) is 4.77. The first-order valence-electron chi connectivity index (χ1n) is 16.8. The number of hydrogen-bond acceptors (Lipinski definition) is 7. The molecule has 0 aromatic carbocycles. The van der Waals surface area contributed by atoms with E-state index < -0.39 is 37.0 Å². The molecule has 0 aromatic rings. The van der Waals surface area contributed by atoms with E-state index in [-0.39, 0.29) is 11.5 Å². The molecule has 13 atom stereocenters. The van der Waals surface area contributed by atoms with Crippen molar-refractivity contribution in [1.29, 1.82) is 0 Å². The number of allylic oxidation sites excluding steroid dienone is 2. The van der Waals surface area contributed by atoms with Crippen LogP contribution < -0.4 is 0 Å². The molecule has 7 heteroatoms. The third kappa shape index (κ3) is 4.92. The molecule has 5 saturated carbocycles. The molecule has 0 saturated heterocycles. The molecule has 5 aliphatic rings. The second-order valence-electron chi connectivity index (χ2n) is 16.3. The summed E-state index contributed by atoms with van der Waals surface area (Å²) >= 11 is 0. The number of fused-ring (bicyclic) bond motifs is 2. The van der Waals surface area contributed by atoms with Crippen LogP contribution in [0, 0.1) is 51.2 Å². The number of rotatable bonds is 10. The summed E-state index contributed by atoms with van der Waals surface area (Å²) < 4.78 is 5.86. The van der Waals surface area contributed by atoms with Gasteiger partial charge in [-0.15, -0.1) is 0 Å². The van der Waals surface area contributed by atoms with E-state index in [9.17, 15) is 25.2 Å². The van der Waals surface area contributed by atoms with Gasteiger partial charge in [0.1, 0.15) is 24.4 Å². The van der Waals surface area contributed by atoms with Crippen LogP contribution in [-0.2, 0) is 9.53 Å². The molecular formula is C35H58O7. The topological polar surface area (TPSA) is 127 Å². The molecule has 2 spiro atoms. The van der Waals surface area contributed by atoms with Crippen LogP contribution in [0.25, 0.3) is 0 Å². The smallest absolute Gasteiger partial charge is 0.338 e. The number of carbonyl (C=O) groups excluding carboxylic acids is 1. The van der Waals surface area contributed by atoms with Crippen molar-refractivity contribution in [2.45, 2.75) is 143 Å². The van der Waals surface area contributed by atoms with Crippen LogP contribution in [0.2, 0.25) is 0 Å². The van der Waals surface area contributed by atoms with E-state index in [0.29, 0.717) is 22.2 Å². The van der Waals surface area contributed by atoms with Gasteiger partial charge in [-0.2, -0.15) is 0 Å². The van der Waals surface area contributed by atoms with Crippen LogP contribution in [0.15, 0.2) is 11.6 Å². The van der Waals surface area contributed by atoms with Gasteiger partial charge in [0.2, 0.25) is 0 Å². The van der Waals surface area contributed by atoms with Crippen LogP contribution in [0.3, 0.4) is 0 Å². The first-order chi connectivity index (χ1) is 19.7. The minimum absolute atomic E-state index is 0.269. The normalized spacial score (nSPS) is 43.4. The Kier molecular flexibility index (Phi) is 8.81. The van der Waals surface area contributed by atoms with Gasteiger partial charge >= 0.3 is 5.97 Å². The van der Waals surface area contributed by atoms with Gasteiger partial charge in [0, 0.05) is 5.41 Å². The Hall–Kier alpha value is -0.990. The van der Waals surface area contributed by atoms with Crippen LogP contribution >= 0.6 is 0 Å². The SMILES string of the molecule is CC(C)=CCCC(C)C1CCC2C3CCC4C(C)(C)C(OC(=O)C(O)C(O)C(O)C(O)CO)CCC45CC35CCC12C. The molecule has 0 amide bonds. The third-order valence-corrected chi connectivity index (χ3v) is 13.9. The maximum absolute atomic E-state index is 12.9. The second kappa shape index (κ2) is 11.4. The number of aliphatic hydroxyl groups excluding tert-OH is 5. The summed E-state index contributed by atoms with van der Waals surface area (Å²) in [6, 6.07) is 0. The zero-order chi connectivity index (χ0) is 30.8. The molecule has 5 N–H and O–H groups in total. The lowest BCUT2D eigenvalue weighted by Gasteiger charge is -2.59. The number of ether oxygens (including phenoxy) is 1. The van der Waals surface area contributed by atoms with Gasteiger partial charge in [0.25, 0.3) is 0 Å². The molecule has 5 aliphatic carbocycles. The second-order valence-corrected chi connectivity index (χ2v) is 16.3. The standard InChI is InChI=1S/C35H58O7/c1-20(2)8-7-9-21(3)22-10-11-23-24-12-13-26-32(4,5)27(42-31(41)30(40)29(39)28(38)25(37)18-36)14-15-35(26)19-34(24,35)17-16-33(22,23)6/h8,21-30,36-40H,7,9-19H2,1-6H3. The number of aliphatic hydroxyl groups is 5. The molecular weight excluding hydrogens is 532 g/mol. The molecule has 0 heterocycles. The van der Waals surface area contributed by atoms with Crippen LogP contribution in [0.5, 0.6) is 0 Å². The highest BCUT2D eigenvalue weighted by atomic mass is 16.6. The average molecular weight is 591 g/mol. The Morgan fingerprint density at radius 1 is 0.905 bits per heavy atom. The summed E-state index contributed by atoms with van der Waals surface area (Å²) in [7, 11) is 0. The lowest BCUT2D eigenvalue weighted by atomic mass is 9.46.